The highest BCUT2D eigenvalue weighted by atomic mass is 35.5. The van der Waals surface area contributed by atoms with Gasteiger partial charge in [0.2, 0.25) is 0 Å². The molecule has 3 rings (SSSR count). The summed E-state index contributed by atoms with van der Waals surface area (Å²) in [6.07, 6.45) is 3.77. The monoisotopic (exact) mass is 297 g/mol. The molecule has 0 aliphatic heterocycles. The van der Waals surface area contributed by atoms with Crippen LogP contribution in [0.25, 0.3) is 0 Å². The second-order valence-corrected chi connectivity index (χ2v) is 5.35. The minimum Gasteiger partial charge on any atom is -0.353 e. The third-order valence-electron chi connectivity index (χ3n) is 3.20. The van der Waals surface area contributed by atoms with E-state index >= 15 is 0 Å². The number of para-hydroxylation sites is 1. The summed E-state index contributed by atoms with van der Waals surface area (Å²) in [7, 11) is 0. The quantitative estimate of drug-likeness (QED) is 0.697. The van der Waals surface area contributed by atoms with E-state index in [0.29, 0.717) is 6.54 Å². The summed E-state index contributed by atoms with van der Waals surface area (Å²) in [4.78, 5) is 0. The van der Waals surface area contributed by atoms with Crippen molar-refractivity contribution in [3.05, 3.63) is 78.6 Å². The Balaban J connectivity index is 1.65. The number of rotatable bonds is 5. The van der Waals surface area contributed by atoms with Gasteiger partial charge in [-0.05, 0) is 17.7 Å². The van der Waals surface area contributed by atoms with E-state index in [-0.39, 0.29) is 5.38 Å². The van der Waals surface area contributed by atoms with E-state index in [1.54, 1.807) is 0 Å². The number of alkyl halides is 1. The molecular weight excluding hydrogens is 282 g/mol. The largest absolute Gasteiger partial charge is 0.353 e. The van der Waals surface area contributed by atoms with Gasteiger partial charge in [0.25, 0.3) is 0 Å². The van der Waals surface area contributed by atoms with Crippen molar-refractivity contribution in [3.63, 3.8) is 0 Å². The third kappa shape index (κ3) is 3.64. The highest BCUT2D eigenvalue weighted by molar-refractivity contribution is 6.20. The summed E-state index contributed by atoms with van der Waals surface area (Å²) in [6, 6.07) is 20.1. The molecule has 4 heteroatoms. The molecule has 0 spiro atoms. The number of benzene rings is 2. The van der Waals surface area contributed by atoms with Crippen LogP contribution in [-0.2, 0) is 6.54 Å². The molecule has 0 saturated heterocycles. The normalized spacial score (nSPS) is 12.0. The molecule has 0 fully saturated rings. The van der Waals surface area contributed by atoms with E-state index in [4.69, 9.17) is 11.6 Å². The van der Waals surface area contributed by atoms with Crippen LogP contribution in [0.4, 0.5) is 11.4 Å². The zero-order valence-corrected chi connectivity index (χ0v) is 12.2. The molecule has 0 amide bonds. The Labute approximate surface area is 129 Å². The van der Waals surface area contributed by atoms with Gasteiger partial charge in [-0.25, -0.2) is 0 Å². The van der Waals surface area contributed by atoms with Crippen LogP contribution < -0.4 is 5.32 Å². The molecule has 0 saturated carbocycles. The van der Waals surface area contributed by atoms with Crippen LogP contribution in [0.15, 0.2) is 73.1 Å². The van der Waals surface area contributed by atoms with E-state index in [1.165, 1.54) is 0 Å². The second-order valence-electron chi connectivity index (χ2n) is 4.82. The molecule has 3 nitrogen and oxygen atoms in total. The first-order chi connectivity index (χ1) is 10.3. The Kier molecular flexibility index (Phi) is 4.22. The molecule has 0 bridgehead atoms. The zero-order chi connectivity index (χ0) is 14.5. The molecule has 0 radical (unpaired) electrons. The minimum absolute atomic E-state index is 0.0873. The van der Waals surface area contributed by atoms with Gasteiger partial charge in [0, 0.05) is 11.9 Å². The van der Waals surface area contributed by atoms with Crippen LogP contribution in [0.3, 0.4) is 0 Å². The third-order valence-corrected chi connectivity index (χ3v) is 3.59. The van der Waals surface area contributed by atoms with Crippen molar-refractivity contribution in [3.8, 4) is 0 Å². The van der Waals surface area contributed by atoms with Gasteiger partial charge in [-0.2, -0.15) is 5.10 Å². The molecule has 1 heterocycles. The summed E-state index contributed by atoms with van der Waals surface area (Å²) in [6.45, 7) is 0.641. The molecule has 0 aliphatic carbocycles. The number of nitrogens with zero attached hydrogens (tertiary/aromatic N) is 2. The first kappa shape index (κ1) is 13.7. The fraction of sp³-hybridized carbons (Fsp3) is 0.118. The minimum atomic E-state index is -0.0873. The first-order valence-electron chi connectivity index (χ1n) is 6.85. The van der Waals surface area contributed by atoms with Crippen LogP contribution in [-0.4, -0.2) is 9.78 Å². The summed E-state index contributed by atoms with van der Waals surface area (Å²) in [5.41, 5.74) is 3.10. The van der Waals surface area contributed by atoms with Crippen LogP contribution in [0.5, 0.6) is 0 Å². The van der Waals surface area contributed by atoms with Gasteiger partial charge in [-0.1, -0.05) is 48.5 Å². The van der Waals surface area contributed by atoms with E-state index < -0.39 is 0 Å². The van der Waals surface area contributed by atoms with Crippen LogP contribution >= 0.6 is 11.6 Å². The van der Waals surface area contributed by atoms with Crippen molar-refractivity contribution in [2.75, 3.05) is 5.32 Å². The van der Waals surface area contributed by atoms with Crippen LogP contribution in [0.1, 0.15) is 10.9 Å². The van der Waals surface area contributed by atoms with Crippen molar-refractivity contribution >= 4 is 23.0 Å². The number of aromatic nitrogens is 2. The van der Waals surface area contributed by atoms with E-state index in [9.17, 15) is 0 Å². The summed E-state index contributed by atoms with van der Waals surface area (Å²) < 4.78 is 1.86. The number of hydrogen-bond acceptors (Lipinski definition) is 2. The topological polar surface area (TPSA) is 29.9 Å². The molecule has 1 N–H and O–H groups in total. The van der Waals surface area contributed by atoms with Crippen LogP contribution in [0, 0.1) is 0 Å². The van der Waals surface area contributed by atoms with Crippen molar-refractivity contribution in [1.29, 1.82) is 0 Å². The Morgan fingerprint density at radius 2 is 1.62 bits per heavy atom. The lowest BCUT2D eigenvalue weighted by molar-refractivity contribution is 0.602. The number of anilines is 2. The van der Waals surface area contributed by atoms with E-state index in [1.807, 2.05) is 77.7 Å². The van der Waals surface area contributed by atoms with Gasteiger partial charge < -0.3 is 5.32 Å². The number of nitrogens with one attached hydrogen (secondary N) is 1. The average Bonchev–Trinajstić information content (AvgIpc) is 2.96. The Morgan fingerprint density at radius 1 is 0.952 bits per heavy atom. The Morgan fingerprint density at radius 3 is 2.33 bits per heavy atom. The molecule has 1 aromatic heterocycles. The van der Waals surface area contributed by atoms with Crippen LogP contribution in [0.2, 0.25) is 0 Å². The SMILES string of the molecule is ClC(Cn1cc(Nc2ccccc2)cn1)c1ccccc1. The van der Waals surface area contributed by atoms with Gasteiger partial charge >= 0.3 is 0 Å². The molecule has 106 valence electrons. The maximum atomic E-state index is 6.43. The van der Waals surface area contributed by atoms with Gasteiger partial charge in [0.1, 0.15) is 0 Å². The fourth-order valence-corrected chi connectivity index (χ4v) is 2.43. The maximum absolute atomic E-state index is 6.43. The highest BCUT2D eigenvalue weighted by Crippen LogP contribution is 2.23. The zero-order valence-electron chi connectivity index (χ0n) is 11.5. The number of halogens is 1. The summed E-state index contributed by atoms with van der Waals surface area (Å²) >= 11 is 6.43. The molecule has 1 unspecified atom stereocenters. The lowest BCUT2D eigenvalue weighted by Gasteiger charge is -2.09. The van der Waals surface area contributed by atoms with Crippen molar-refractivity contribution < 1.29 is 0 Å². The van der Waals surface area contributed by atoms with Crippen molar-refractivity contribution in [1.82, 2.24) is 9.78 Å². The van der Waals surface area contributed by atoms with Crippen molar-refractivity contribution in [2.45, 2.75) is 11.9 Å². The van der Waals surface area contributed by atoms with Crippen molar-refractivity contribution in [2.24, 2.45) is 0 Å². The summed E-state index contributed by atoms with van der Waals surface area (Å²) in [5.74, 6) is 0. The van der Waals surface area contributed by atoms with E-state index in [2.05, 4.69) is 10.4 Å². The molecular formula is C17H16ClN3. The smallest absolute Gasteiger partial charge is 0.0781 e. The average molecular weight is 298 g/mol. The van der Waals surface area contributed by atoms with Gasteiger partial charge in [-0.3, -0.25) is 4.68 Å². The van der Waals surface area contributed by atoms with E-state index in [0.717, 1.165) is 16.9 Å². The Bertz CT molecular complexity index is 680. The lowest BCUT2D eigenvalue weighted by atomic mass is 10.1. The predicted octanol–water partition coefficient (Wildman–Crippen LogP) is 4.61. The maximum Gasteiger partial charge on any atom is 0.0781 e. The standard InChI is InChI=1S/C17H16ClN3/c18-17(14-7-3-1-4-8-14)13-21-12-16(11-19-21)20-15-9-5-2-6-10-15/h1-12,17,20H,13H2. The van der Waals surface area contributed by atoms with Gasteiger partial charge in [0.05, 0.1) is 23.8 Å². The second kappa shape index (κ2) is 6.46. The predicted molar refractivity (Wildman–Crippen MR) is 87.0 cm³/mol. The molecule has 2 aromatic carbocycles. The molecule has 21 heavy (non-hydrogen) atoms. The Hall–Kier alpha value is -2.26. The fourth-order valence-electron chi connectivity index (χ4n) is 2.15. The lowest BCUT2D eigenvalue weighted by Crippen LogP contribution is -2.04. The summed E-state index contributed by atoms with van der Waals surface area (Å²) in [5, 5.41) is 7.57. The number of hydrogen-bond donors (Lipinski definition) is 1. The molecule has 3 aromatic rings. The van der Waals surface area contributed by atoms with Gasteiger partial charge in [0.15, 0.2) is 0 Å². The molecule has 0 aliphatic rings. The molecule has 1 atom stereocenters. The van der Waals surface area contributed by atoms with Gasteiger partial charge in [-0.15, -0.1) is 11.6 Å². The highest BCUT2D eigenvalue weighted by Gasteiger charge is 2.09. The first-order valence-corrected chi connectivity index (χ1v) is 7.28.